The number of thiophene rings is 1. The Bertz CT molecular complexity index is 606. The van der Waals surface area contributed by atoms with Crippen LogP contribution in [0.15, 0.2) is 36.4 Å². The first-order valence-corrected chi connectivity index (χ1v) is 7.85. The first-order valence-electron chi connectivity index (χ1n) is 7.03. The van der Waals surface area contributed by atoms with Crippen LogP contribution in [0, 0.1) is 6.92 Å². The molecule has 2 rings (SSSR count). The van der Waals surface area contributed by atoms with Crippen LogP contribution in [0.25, 0.3) is 0 Å². The first kappa shape index (κ1) is 15.7. The molecule has 0 fully saturated rings. The zero-order valence-corrected chi connectivity index (χ0v) is 13.5. The SMILES string of the molecule is COC(=O)Cc1ccc(CN[C@H](C)c2ccccc2C)s1. The molecule has 0 amide bonds. The molecule has 0 saturated carbocycles. The van der Waals surface area contributed by atoms with Gasteiger partial charge in [0.1, 0.15) is 0 Å². The maximum absolute atomic E-state index is 11.2. The Morgan fingerprint density at radius 1 is 1.24 bits per heavy atom. The molecule has 0 aliphatic rings. The summed E-state index contributed by atoms with van der Waals surface area (Å²) in [6.45, 7) is 5.11. The van der Waals surface area contributed by atoms with Gasteiger partial charge in [0.05, 0.1) is 13.5 Å². The van der Waals surface area contributed by atoms with Crippen molar-refractivity contribution in [2.75, 3.05) is 7.11 Å². The quantitative estimate of drug-likeness (QED) is 0.828. The Morgan fingerprint density at radius 3 is 2.67 bits per heavy atom. The zero-order chi connectivity index (χ0) is 15.2. The van der Waals surface area contributed by atoms with Crippen LogP contribution in [0.3, 0.4) is 0 Å². The van der Waals surface area contributed by atoms with E-state index in [1.165, 1.54) is 23.1 Å². The molecule has 0 bridgehead atoms. The second-order valence-corrected chi connectivity index (χ2v) is 6.33. The van der Waals surface area contributed by atoms with Gasteiger partial charge in [-0.05, 0) is 37.1 Å². The molecule has 0 unspecified atom stereocenters. The number of ether oxygens (including phenoxy) is 1. The number of hydrogen-bond donors (Lipinski definition) is 1. The van der Waals surface area contributed by atoms with Crippen LogP contribution < -0.4 is 5.32 Å². The molecular formula is C17H21NO2S. The fourth-order valence-corrected chi connectivity index (χ4v) is 3.22. The summed E-state index contributed by atoms with van der Waals surface area (Å²) in [5.41, 5.74) is 2.62. The van der Waals surface area contributed by atoms with E-state index < -0.39 is 0 Å². The highest BCUT2D eigenvalue weighted by molar-refractivity contribution is 7.12. The number of esters is 1. The van der Waals surface area contributed by atoms with E-state index in [-0.39, 0.29) is 5.97 Å². The lowest BCUT2D eigenvalue weighted by Gasteiger charge is -2.15. The summed E-state index contributed by atoms with van der Waals surface area (Å²) in [4.78, 5) is 13.5. The Kier molecular flexibility index (Phi) is 5.53. The number of methoxy groups -OCH3 is 1. The Hall–Kier alpha value is -1.65. The van der Waals surface area contributed by atoms with Crippen molar-refractivity contribution >= 4 is 17.3 Å². The normalized spacial score (nSPS) is 12.1. The van der Waals surface area contributed by atoms with Gasteiger partial charge in [0.2, 0.25) is 0 Å². The highest BCUT2D eigenvalue weighted by atomic mass is 32.1. The summed E-state index contributed by atoms with van der Waals surface area (Å²) in [6, 6.07) is 12.8. The van der Waals surface area contributed by atoms with Crippen molar-refractivity contribution in [3.05, 3.63) is 57.3 Å². The van der Waals surface area contributed by atoms with Gasteiger partial charge < -0.3 is 10.1 Å². The standard InChI is InChI=1S/C17H21NO2S/c1-12-6-4-5-7-16(12)13(2)18-11-15-9-8-14(21-15)10-17(19)20-3/h4-9,13,18H,10-11H2,1-3H3/t13-/m1/s1. The van der Waals surface area contributed by atoms with Gasteiger partial charge in [0, 0.05) is 22.3 Å². The van der Waals surface area contributed by atoms with E-state index in [1.807, 2.05) is 6.07 Å². The van der Waals surface area contributed by atoms with E-state index >= 15 is 0 Å². The molecule has 0 saturated heterocycles. The Labute approximate surface area is 130 Å². The summed E-state index contributed by atoms with van der Waals surface area (Å²) in [5, 5.41) is 3.53. The molecule has 1 aromatic carbocycles. The molecule has 1 heterocycles. The molecule has 0 spiro atoms. The van der Waals surface area contributed by atoms with Gasteiger partial charge in [0.15, 0.2) is 0 Å². The average molecular weight is 303 g/mol. The summed E-state index contributed by atoms with van der Waals surface area (Å²) in [7, 11) is 1.42. The number of hydrogen-bond acceptors (Lipinski definition) is 4. The maximum Gasteiger partial charge on any atom is 0.310 e. The Balaban J connectivity index is 1.91. The minimum Gasteiger partial charge on any atom is -0.469 e. The second-order valence-electron chi connectivity index (χ2n) is 5.08. The van der Waals surface area contributed by atoms with Gasteiger partial charge in [0.25, 0.3) is 0 Å². The van der Waals surface area contributed by atoms with Crippen molar-refractivity contribution in [1.82, 2.24) is 5.32 Å². The molecule has 4 heteroatoms. The van der Waals surface area contributed by atoms with Crippen LogP contribution in [0.1, 0.15) is 33.8 Å². The molecule has 0 aliphatic carbocycles. The van der Waals surface area contributed by atoms with Gasteiger partial charge in [-0.3, -0.25) is 4.79 Å². The van der Waals surface area contributed by atoms with Crippen LogP contribution in [-0.4, -0.2) is 13.1 Å². The number of nitrogens with one attached hydrogen (secondary N) is 1. The lowest BCUT2D eigenvalue weighted by atomic mass is 10.0. The van der Waals surface area contributed by atoms with E-state index in [1.54, 1.807) is 11.3 Å². The summed E-state index contributed by atoms with van der Waals surface area (Å²) in [5.74, 6) is -0.190. The van der Waals surface area contributed by atoms with E-state index in [9.17, 15) is 4.79 Å². The minimum atomic E-state index is -0.190. The van der Waals surface area contributed by atoms with Crippen molar-refractivity contribution in [3.8, 4) is 0 Å². The van der Waals surface area contributed by atoms with Crippen molar-refractivity contribution in [2.24, 2.45) is 0 Å². The average Bonchev–Trinajstić information content (AvgIpc) is 2.92. The van der Waals surface area contributed by atoms with Gasteiger partial charge in [-0.25, -0.2) is 0 Å². The number of rotatable bonds is 6. The Morgan fingerprint density at radius 2 is 1.95 bits per heavy atom. The van der Waals surface area contributed by atoms with E-state index in [0.717, 1.165) is 11.4 Å². The fourth-order valence-electron chi connectivity index (χ4n) is 2.26. The molecule has 1 aromatic heterocycles. The molecule has 3 nitrogen and oxygen atoms in total. The lowest BCUT2D eigenvalue weighted by molar-refractivity contribution is -0.139. The molecule has 2 aromatic rings. The molecule has 0 radical (unpaired) electrons. The van der Waals surface area contributed by atoms with E-state index in [2.05, 4.69) is 54.2 Å². The number of benzene rings is 1. The van der Waals surface area contributed by atoms with Gasteiger partial charge in [-0.1, -0.05) is 24.3 Å². The van der Waals surface area contributed by atoms with Crippen molar-refractivity contribution in [1.29, 1.82) is 0 Å². The molecule has 1 atom stereocenters. The lowest BCUT2D eigenvalue weighted by Crippen LogP contribution is -2.18. The van der Waals surface area contributed by atoms with Gasteiger partial charge in [-0.2, -0.15) is 0 Å². The highest BCUT2D eigenvalue weighted by Gasteiger charge is 2.09. The maximum atomic E-state index is 11.2. The smallest absolute Gasteiger partial charge is 0.310 e. The highest BCUT2D eigenvalue weighted by Crippen LogP contribution is 2.20. The summed E-state index contributed by atoms with van der Waals surface area (Å²) < 4.78 is 4.68. The first-order chi connectivity index (χ1) is 10.1. The van der Waals surface area contributed by atoms with Crippen LogP contribution in [0.2, 0.25) is 0 Å². The number of aryl methyl sites for hydroxylation is 1. The van der Waals surface area contributed by atoms with Crippen molar-refractivity contribution < 1.29 is 9.53 Å². The van der Waals surface area contributed by atoms with Gasteiger partial charge >= 0.3 is 5.97 Å². The van der Waals surface area contributed by atoms with Crippen LogP contribution in [-0.2, 0) is 22.5 Å². The van der Waals surface area contributed by atoms with E-state index in [0.29, 0.717) is 12.5 Å². The van der Waals surface area contributed by atoms with Crippen molar-refractivity contribution in [3.63, 3.8) is 0 Å². The monoisotopic (exact) mass is 303 g/mol. The third-order valence-electron chi connectivity index (χ3n) is 3.50. The molecule has 0 aliphatic heterocycles. The van der Waals surface area contributed by atoms with Crippen LogP contribution >= 0.6 is 11.3 Å². The minimum absolute atomic E-state index is 0.190. The third kappa shape index (κ3) is 4.41. The topological polar surface area (TPSA) is 38.3 Å². The summed E-state index contributed by atoms with van der Waals surface area (Å²) >= 11 is 1.65. The van der Waals surface area contributed by atoms with Gasteiger partial charge in [-0.15, -0.1) is 11.3 Å². The largest absolute Gasteiger partial charge is 0.469 e. The van der Waals surface area contributed by atoms with Crippen LogP contribution in [0.4, 0.5) is 0 Å². The second kappa shape index (κ2) is 7.38. The number of carbonyl (C=O) groups is 1. The number of carbonyl (C=O) groups excluding carboxylic acids is 1. The molecular weight excluding hydrogens is 282 g/mol. The third-order valence-corrected chi connectivity index (χ3v) is 4.59. The molecule has 21 heavy (non-hydrogen) atoms. The molecule has 112 valence electrons. The molecule has 1 N–H and O–H groups in total. The fraction of sp³-hybridized carbons (Fsp3) is 0.353. The summed E-state index contributed by atoms with van der Waals surface area (Å²) in [6.07, 6.45) is 0.356. The van der Waals surface area contributed by atoms with E-state index in [4.69, 9.17) is 0 Å². The van der Waals surface area contributed by atoms with Crippen LogP contribution in [0.5, 0.6) is 0 Å². The predicted octanol–water partition coefficient (Wildman–Crippen LogP) is 3.62. The predicted molar refractivity (Wildman–Crippen MR) is 86.5 cm³/mol. The van der Waals surface area contributed by atoms with Crippen molar-refractivity contribution in [2.45, 2.75) is 32.9 Å². The zero-order valence-electron chi connectivity index (χ0n) is 12.7.